The van der Waals surface area contributed by atoms with Crippen molar-refractivity contribution in [2.24, 2.45) is 5.92 Å². The molecular weight excluding hydrogens is 395 g/mol. The second-order valence-corrected chi connectivity index (χ2v) is 7.35. The Labute approximate surface area is 163 Å². The molecule has 1 amide bonds. The average molecular weight is 413 g/mol. The zero-order valence-electron chi connectivity index (χ0n) is 15.1. The van der Waals surface area contributed by atoms with Crippen LogP contribution < -0.4 is 4.90 Å². The Morgan fingerprint density at radius 2 is 1.71 bits per heavy atom. The molecule has 2 aromatic carbocycles. The first kappa shape index (κ1) is 21.7. The van der Waals surface area contributed by atoms with Gasteiger partial charge in [-0.3, -0.25) is 14.5 Å². The third-order valence-corrected chi connectivity index (χ3v) is 5.05. The fourth-order valence-electron chi connectivity index (χ4n) is 2.65. The lowest BCUT2D eigenvalue weighted by Gasteiger charge is -2.31. The van der Waals surface area contributed by atoms with Crippen molar-refractivity contribution in [2.45, 2.75) is 26.1 Å². The van der Waals surface area contributed by atoms with Crippen LogP contribution in [0.2, 0.25) is 0 Å². The monoisotopic (exact) mass is 413 g/mol. The van der Waals surface area contributed by atoms with Crippen molar-refractivity contribution in [3.63, 3.8) is 0 Å². The van der Waals surface area contributed by atoms with Gasteiger partial charge in [-0.25, -0.2) is 4.79 Å². The normalized spacial score (nSPS) is 13.8. The summed E-state index contributed by atoms with van der Waals surface area (Å²) in [5.41, 5.74) is 0.0423. The molecule has 0 radical (unpaired) electrons. The van der Waals surface area contributed by atoms with E-state index < -0.39 is 40.9 Å². The van der Waals surface area contributed by atoms with E-state index >= 15 is 0 Å². The number of rotatable bonds is 6. The Hall–Kier alpha value is -2.55. The molecule has 28 heavy (non-hydrogen) atoms. The zero-order valence-corrected chi connectivity index (χ0v) is 15.9. The molecule has 1 N–H and O–H groups in total. The Morgan fingerprint density at radius 1 is 1.11 bits per heavy atom. The number of carbonyl (C=O) groups is 3. The topological polar surface area (TPSA) is 74.7 Å². The van der Waals surface area contributed by atoms with Crippen LogP contribution in [0.1, 0.15) is 13.8 Å². The molecule has 0 saturated carbocycles. The molecule has 0 saturated heterocycles. The van der Waals surface area contributed by atoms with E-state index in [4.69, 9.17) is 0 Å². The van der Waals surface area contributed by atoms with Crippen LogP contribution in [-0.2, 0) is 14.4 Å². The molecule has 9 heteroatoms. The van der Waals surface area contributed by atoms with Gasteiger partial charge in [0.25, 0.3) is 0 Å². The average Bonchev–Trinajstić information content (AvgIpc) is 2.60. The number of carboxylic acid groups (broad SMARTS) is 1. The number of nitrogens with zero attached hydrogens (tertiary/aromatic N) is 1. The second kappa shape index (κ2) is 8.64. The highest BCUT2D eigenvalue weighted by Gasteiger charge is 2.48. The zero-order chi connectivity index (χ0) is 21.1. The van der Waals surface area contributed by atoms with Gasteiger partial charge < -0.3 is 5.11 Å². The fraction of sp³-hybridized carbons (Fsp3) is 0.316. The SMILES string of the molecule is CC(=O)SCC(C(=O)N(c1ccc2ccccc2c1)[C@@H](C)C(=O)O)C(F)(F)F. The van der Waals surface area contributed by atoms with Crippen molar-refractivity contribution in [1.29, 1.82) is 0 Å². The van der Waals surface area contributed by atoms with E-state index in [0.29, 0.717) is 22.0 Å². The minimum absolute atomic E-state index is 0.0423. The van der Waals surface area contributed by atoms with Crippen molar-refractivity contribution < 1.29 is 32.7 Å². The Balaban J connectivity index is 2.52. The van der Waals surface area contributed by atoms with Crippen LogP contribution in [-0.4, -0.2) is 40.1 Å². The molecule has 0 fully saturated rings. The summed E-state index contributed by atoms with van der Waals surface area (Å²) in [4.78, 5) is 36.0. The minimum Gasteiger partial charge on any atom is -0.480 e. The van der Waals surface area contributed by atoms with Gasteiger partial charge in [0, 0.05) is 18.4 Å². The molecular formula is C19H18F3NO4S. The quantitative estimate of drug-likeness (QED) is 0.772. The first-order valence-electron chi connectivity index (χ1n) is 8.27. The largest absolute Gasteiger partial charge is 0.480 e. The summed E-state index contributed by atoms with van der Waals surface area (Å²) in [5.74, 6) is -6.17. The summed E-state index contributed by atoms with van der Waals surface area (Å²) in [5, 5.41) is 10.2. The molecule has 5 nitrogen and oxygen atoms in total. The molecule has 0 aliphatic carbocycles. The number of halogens is 3. The van der Waals surface area contributed by atoms with Gasteiger partial charge in [-0.15, -0.1) is 0 Å². The van der Waals surface area contributed by atoms with Crippen molar-refractivity contribution >= 4 is 45.2 Å². The van der Waals surface area contributed by atoms with E-state index in [1.807, 2.05) is 0 Å². The number of thioether (sulfide) groups is 1. The molecule has 2 aromatic rings. The molecule has 150 valence electrons. The summed E-state index contributed by atoms with van der Waals surface area (Å²) in [7, 11) is 0. The van der Waals surface area contributed by atoms with E-state index in [2.05, 4.69) is 0 Å². The molecule has 0 aliphatic rings. The number of alkyl halides is 3. The number of aliphatic carboxylic acids is 1. The van der Waals surface area contributed by atoms with Gasteiger partial charge in [-0.2, -0.15) is 13.2 Å². The van der Waals surface area contributed by atoms with Crippen LogP contribution in [0.5, 0.6) is 0 Å². The predicted molar refractivity (Wildman–Crippen MR) is 101 cm³/mol. The number of anilines is 1. The predicted octanol–water partition coefficient (Wildman–Crippen LogP) is 4.10. The lowest BCUT2D eigenvalue weighted by atomic mass is 10.0. The highest BCUT2D eigenvalue weighted by Crippen LogP contribution is 2.34. The van der Waals surface area contributed by atoms with Crippen LogP contribution in [0.25, 0.3) is 10.8 Å². The van der Waals surface area contributed by atoms with Crippen LogP contribution in [0.4, 0.5) is 18.9 Å². The van der Waals surface area contributed by atoms with Crippen molar-refractivity contribution in [2.75, 3.05) is 10.7 Å². The third-order valence-electron chi connectivity index (χ3n) is 4.14. The maximum atomic E-state index is 13.5. The van der Waals surface area contributed by atoms with Crippen LogP contribution in [0.15, 0.2) is 42.5 Å². The van der Waals surface area contributed by atoms with Crippen LogP contribution in [0, 0.1) is 5.92 Å². The van der Waals surface area contributed by atoms with Crippen molar-refractivity contribution in [1.82, 2.24) is 0 Å². The number of carboxylic acids is 1. The first-order valence-corrected chi connectivity index (χ1v) is 9.25. The molecule has 0 aromatic heterocycles. The standard InChI is InChI=1S/C19H18F3NO4S/c1-11(18(26)27)23(15-8-7-13-5-3-4-6-14(13)9-15)17(25)16(19(20,21)22)10-28-12(2)24/h3-9,11,16H,10H2,1-2H3,(H,26,27)/t11-,16?/m0/s1. The number of benzene rings is 2. The smallest absolute Gasteiger partial charge is 0.401 e. The molecule has 0 bridgehead atoms. The third kappa shape index (κ3) is 5.03. The van der Waals surface area contributed by atoms with Gasteiger partial charge in [-0.1, -0.05) is 42.1 Å². The van der Waals surface area contributed by atoms with Gasteiger partial charge in [0.15, 0.2) is 5.12 Å². The first-order chi connectivity index (χ1) is 13.0. The van der Waals surface area contributed by atoms with Crippen LogP contribution >= 0.6 is 11.8 Å². The van der Waals surface area contributed by atoms with Crippen molar-refractivity contribution in [3.05, 3.63) is 42.5 Å². The van der Waals surface area contributed by atoms with E-state index in [1.54, 1.807) is 30.3 Å². The summed E-state index contributed by atoms with van der Waals surface area (Å²) in [6.07, 6.45) is -4.92. The number of fused-ring (bicyclic) bond motifs is 1. The Kier molecular flexibility index (Phi) is 6.71. The van der Waals surface area contributed by atoms with Gasteiger partial charge >= 0.3 is 12.1 Å². The minimum atomic E-state index is -4.92. The number of hydrogen-bond donors (Lipinski definition) is 1. The molecule has 2 atom stereocenters. The van der Waals surface area contributed by atoms with Gasteiger partial charge in [-0.05, 0) is 29.8 Å². The van der Waals surface area contributed by atoms with Gasteiger partial charge in [0.1, 0.15) is 12.0 Å². The van der Waals surface area contributed by atoms with Crippen LogP contribution in [0.3, 0.4) is 0 Å². The maximum absolute atomic E-state index is 13.5. The Bertz CT molecular complexity index is 900. The van der Waals surface area contributed by atoms with Crippen molar-refractivity contribution in [3.8, 4) is 0 Å². The molecule has 2 rings (SSSR count). The van der Waals surface area contributed by atoms with Gasteiger partial charge in [0.05, 0.1) is 0 Å². The van der Waals surface area contributed by atoms with E-state index in [9.17, 15) is 32.7 Å². The summed E-state index contributed by atoms with van der Waals surface area (Å²) in [6.45, 7) is 2.24. The Morgan fingerprint density at radius 3 is 2.25 bits per heavy atom. The van der Waals surface area contributed by atoms with E-state index in [1.165, 1.54) is 12.1 Å². The lowest BCUT2D eigenvalue weighted by Crippen LogP contribution is -2.50. The second-order valence-electron chi connectivity index (χ2n) is 6.15. The fourth-order valence-corrected chi connectivity index (χ4v) is 3.39. The highest BCUT2D eigenvalue weighted by molar-refractivity contribution is 8.13. The number of hydrogen-bond acceptors (Lipinski definition) is 4. The summed E-state index contributed by atoms with van der Waals surface area (Å²) < 4.78 is 40.5. The molecule has 0 spiro atoms. The number of amides is 1. The maximum Gasteiger partial charge on any atom is 0.401 e. The van der Waals surface area contributed by atoms with E-state index in [0.717, 1.165) is 19.2 Å². The van der Waals surface area contributed by atoms with Gasteiger partial charge in [0.2, 0.25) is 5.91 Å². The molecule has 1 unspecified atom stereocenters. The highest BCUT2D eigenvalue weighted by atomic mass is 32.2. The number of carbonyl (C=O) groups excluding carboxylic acids is 2. The molecule has 0 aliphatic heterocycles. The molecule has 0 heterocycles. The summed E-state index contributed by atoms with van der Waals surface area (Å²) >= 11 is 0.376. The lowest BCUT2D eigenvalue weighted by molar-refractivity contribution is -0.176. The summed E-state index contributed by atoms with van der Waals surface area (Å²) in [6, 6.07) is 9.95. The van der Waals surface area contributed by atoms with E-state index in [-0.39, 0.29) is 5.69 Å².